The molecule has 0 amide bonds. The summed E-state index contributed by atoms with van der Waals surface area (Å²) in [5, 5.41) is 24.6. The predicted molar refractivity (Wildman–Crippen MR) is 126 cm³/mol. The lowest BCUT2D eigenvalue weighted by molar-refractivity contribution is 0.0916. The first kappa shape index (κ1) is 22.4. The van der Waals surface area contributed by atoms with E-state index in [9.17, 15) is 10.2 Å². The van der Waals surface area contributed by atoms with Crippen molar-refractivity contribution in [1.29, 1.82) is 0 Å². The number of likely N-dealkylation sites (tertiary alicyclic amines) is 1. The molecule has 3 N–H and O–H groups in total. The lowest BCUT2D eigenvalue weighted by Gasteiger charge is -2.31. The van der Waals surface area contributed by atoms with Gasteiger partial charge >= 0.3 is 0 Å². The van der Waals surface area contributed by atoms with Crippen LogP contribution in [0.2, 0.25) is 0 Å². The molecule has 2 aliphatic rings. The van der Waals surface area contributed by atoms with Gasteiger partial charge in [0.25, 0.3) is 0 Å². The molecular weight excluding hydrogens is 386 g/mol. The van der Waals surface area contributed by atoms with Gasteiger partial charge in [0.05, 0.1) is 12.2 Å². The molecule has 2 fully saturated rings. The van der Waals surface area contributed by atoms with Crippen molar-refractivity contribution in [3.8, 4) is 11.1 Å². The fraction of sp³-hybridized carbons (Fsp3) is 0.538. The van der Waals surface area contributed by atoms with Crippen LogP contribution in [0, 0.1) is 5.92 Å². The highest BCUT2D eigenvalue weighted by Crippen LogP contribution is 2.26. The van der Waals surface area contributed by atoms with Crippen molar-refractivity contribution in [2.24, 2.45) is 5.92 Å². The fourth-order valence-electron chi connectivity index (χ4n) is 4.63. The molecule has 2 saturated heterocycles. The first-order chi connectivity index (χ1) is 15.1. The molecule has 0 saturated carbocycles. The molecule has 2 aliphatic heterocycles. The van der Waals surface area contributed by atoms with Crippen LogP contribution in [0.25, 0.3) is 11.1 Å². The molecule has 2 aromatic rings. The van der Waals surface area contributed by atoms with E-state index < -0.39 is 12.2 Å². The van der Waals surface area contributed by atoms with Crippen LogP contribution in [-0.4, -0.2) is 72.4 Å². The third kappa shape index (κ3) is 6.15. The molecule has 2 aromatic carbocycles. The molecule has 0 bridgehead atoms. The molecule has 4 rings (SSSR count). The minimum atomic E-state index is -0.456. The van der Waals surface area contributed by atoms with E-state index in [1.54, 1.807) is 0 Å². The van der Waals surface area contributed by atoms with E-state index in [2.05, 4.69) is 46.3 Å². The van der Waals surface area contributed by atoms with E-state index in [1.165, 1.54) is 12.8 Å². The zero-order chi connectivity index (χ0) is 21.6. The number of aliphatic hydroxyl groups excluding tert-OH is 2. The zero-order valence-corrected chi connectivity index (χ0v) is 18.7. The van der Waals surface area contributed by atoms with Gasteiger partial charge < -0.3 is 20.4 Å². The Morgan fingerprint density at radius 1 is 0.742 bits per heavy atom. The summed E-state index contributed by atoms with van der Waals surface area (Å²) < 4.78 is 0. The summed E-state index contributed by atoms with van der Waals surface area (Å²) in [4.78, 5) is 4.69. The average molecular weight is 424 g/mol. The normalized spacial score (nSPS) is 21.1. The minimum absolute atomic E-state index is 0.440. The number of aliphatic hydroxyl groups is 2. The zero-order valence-electron chi connectivity index (χ0n) is 18.7. The van der Waals surface area contributed by atoms with Gasteiger partial charge in [0, 0.05) is 39.3 Å². The number of rotatable bonds is 7. The smallest absolute Gasteiger partial charge is 0.0916 e. The molecule has 168 valence electrons. The molecular formula is C26H37N3O2. The quantitative estimate of drug-likeness (QED) is 0.639. The molecule has 0 spiro atoms. The summed E-state index contributed by atoms with van der Waals surface area (Å²) in [5.41, 5.74) is 4.20. The fourth-order valence-corrected chi connectivity index (χ4v) is 4.63. The van der Waals surface area contributed by atoms with Gasteiger partial charge in [-0.1, -0.05) is 55.5 Å². The Morgan fingerprint density at radius 2 is 1.16 bits per heavy atom. The summed E-state index contributed by atoms with van der Waals surface area (Å²) in [7, 11) is 0. The molecule has 0 aliphatic carbocycles. The van der Waals surface area contributed by atoms with Crippen LogP contribution in [0.5, 0.6) is 0 Å². The van der Waals surface area contributed by atoms with Gasteiger partial charge in [-0.2, -0.15) is 0 Å². The highest BCUT2D eigenvalue weighted by atomic mass is 16.3. The van der Waals surface area contributed by atoms with Crippen molar-refractivity contribution in [3.63, 3.8) is 0 Å². The Bertz CT molecular complexity index is 794. The van der Waals surface area contributed by atoms with Crippen molar-refractivity contribution in [1.82, 2.24) is 15.1 Å². The molecule has 2 atom stereocenters. The molecule has 2 unspecified atom stereocenters. The second-order valence-electron chi connectivity index (χ2n) is 9.31. The van der Waals surface area contributed by atoms with Crippen molar-refractivity contribution in [3.05, 3.63) is 59.7 Å². The average Bonchev–Trinajstić information content (AvgIpc) is 2.81. The SMILES string of the molecule is CC1CCN(CC(O)c2ccc(-c3ccc(C(O)CN4CCNCC4)cc3)cc2)CC1. The van der Waals surface area contributed by atoms with Crippen LogP contribution >= 0.6 is 0 Å². The highest BCUT2D eigenvalue weighted by Gasteiger charge is 2.19. The van der Waals surface area contributed by atoms with E-state index >= 15 is 0 Å². The monoisotopic (exact) mass is 423 g/mol. The van der Waals surface area contributed by atoms with E-state index in [0.717, 1.165) is 67.4 Å². The summed E-state index contributed by atoms with van der Waals surface area (Å²) in [5.74, 6) is 0.808. The number of hydrogen-bond acceptors (Lipinski definition) is 5. The van der Waals surface area contributed by atoms with E-state index in [-0.39, 0.29) is 0 Å². The number of β-amino-alcohol motifs (C(OH)–C–C–N with tert-alkyl or cyclic N) is 2. The molecule has 0 radical (unpaired) electrons. The van der Waals surface area contributed by atoms with Crippen LogP contribution < -0.4 is 5.32 Å². The summed E-state index contributed by atoms with van der Waals surface area (Å²) in [6.07, 6.45) is 1.56. The molecule has 0 aromatic heterocycles. The van der Waals surface area contributed by atoms with Crippen molar-refractivity contribution >= 4 is 0 Å². The standard InChI is InChI=1S/C26H37N3O2/c1-20-10-14-28(15-11-20)18-25(30)23-6-2-21(3-7-23)22-4-8-24(9-5-22)26(31)19-29-16-12-27-13-17-29/h2-9,20,25-27,30-31H,10-19H2,1H3. The van der Waals surface area contributed by atoms with E-state index in [1.807, 2.05) is 24.3 Å². The van der Waals surface area contributed by atoms with Crippen molar-refractivity contribution < 1.29 is 10.2 Å². The number of nitrogens with zero attached hydrogens (tertiary/aromatic N) is 2. The molecule has 5 heteroatoms. The summed E-state index contributed by atoms with van der Waals surface area (Å²) in [6, 6.07) is 16.5. The van der Waals surface area contributed by atoms with Crippen molar-refractivity contribution in [2.75, 3.05) is 52.4 Å². The first-order valence-corrected chi connectivity index (χ1v) is 11.8. The van der Waals surface area contributed by atoms with E-state index in [0.29, 0.717) is 13.1 Å². The molecule has 2 heterocycles. The number of nitrogens with one attached hydrogen (secondary N) is 1. The van der Waals surface area contributed by atoms with Gasteiger partial charge in [0.2, 0.25) is 0 Å². The number of piperidine rings is 1. The van der Waals surface area contributed by atoms with E-state index in [4.69, 9.17) is 0 Å². The number of piperazine rings is 1. The van der Waals surface area contributed by atoms with Gasteiger partial charge in [-0.05, 0) is 54.1 Å². The largest absolute Gasteiger partial charge is 0.387 e. The maximum atomic E-state index is 10.7. The summed E-state index contributed by atoms with van der Waals surface area (Å²) in [6.45, 7) is 9.85. The van der Waals surface area contributed by atoms with Crippen LogP contribution in [0.4, 0.5) is 0 Å². The highest BCUT2D eigenvalue weighted by molar-refractivity contribution is 5.64. The molecule has 5 nitrogen and oxygen atoms in total. The lowest BCUT2D eigenvalue weighted by Crippen LogP contribution is -2.44. The Morgan fingerprint density at radius 3 is 1.61 bits per heavy atom. The Balaban J connectivity index is 1.33. The first-order valence-electron chi connectivity index (χ1n) is 11.8. The lowest BCUT2D eigenvalue weighted by atomic mass is 9.97. The van der Waals surface area contributed by atoms with Gasteiger partial charge in [-0.3, -0.25) is 4.90 Å². The van der Waals surface area contributed by atoms with Crippen LogP contribution in [0.3, 0.4) is 0 Å². The maximum Gasteiger partial charge on any atom is 0.0916 e. The van der Waals surface area contributed by atoms with Gasteiger partial charge in [-0.25, -0.2) is 0 Å². The van der Waals surface area contributed by atoms with Crippen LogP contribution in [0.1, 0.15) is 43.1 Å². The minimum Gasteiger partial charge on any atom is -0.387 e. The van der Waals surface area contributed by atoms with Gasteiger partial charge in [0.15, 0.2) is 0 Å². The Labute approximate surface area is 186 Å². The number of benzene rings is 2. The molecule has 31 heavy (non-hydrogen) atoms. The maximum absolute atomic E-state index is 10.7. The predicted octanol–water partition coefficient (Wildman–Crippen LogP) is 3.06. The second kappa shape index (κ2) is 10.7. The van der Waals surface area contributed by atoms with Crippen LogP contribution in [-0.2, 0) is 0 Å². The Hall–Kier alpha value is -1.76. The third-order valence-corrected chi connectivity index (χ3v) is 6.87. The second-order valence-corrected chi connectivity index (χ2v) is 9.31. The topological polar surface area (TPSA) is 59.0 Å². The number of hydrogen-bond donors (Lipinski definition) is 3. The van der Waals surface area contributed by atoms with Crippen LogP contribution in [0.15, 0.2) is 48.5 Å². The van der Waals surface area contributed by atoms with Gasteiger partial charge in [-0.15, -0.1) is 0 Å². The Kier molecular flexibility index (Phi) is 7.75. The van der Waals surface area contributed by atoms with Gasteiger partial charge in [0.1, 0.15) is 0 Å². The summed E-state index contributed by atoms with van der Waals surface area (Å²) >= 11 is 0. The van der Waals surface area contributed by atoms with Crippen molar-refractivity contribution in [2.45, 2.75) is 32.0 Å². The third-order valence-electron chi connectivity index (χ3n) is 6.87.